The number of rotatable bonds is 0. The molecular weight excluding hydrogens is 505 g/mol. The normalized spacial score (nSPS) is 0. The molecule has 0 aliphatic heterocycles. The van der Waals surface area contributed by atoms with Crippen molar-refractivity contribution in [2.75, 3.05) is 0 Å². The first-order valence-electron chi connectivity index (χ1n) is 0. The van der Waals surface area contributed by atoms with Crippen molar-refractivity contribution in [3.8, 4) is 0 Å². The summed E-state index contributed by atoms with van der Waals surface area (Å²) >= 11 is 0. The monoisotopic (exact) mass is 524 g/mol. The molecule has 0 unspecified atom stereocenters. The summed E-state index contributed by atoms with van der Waals surface area (Å²) in [6.45, 7) is 0. The summed E-state index contributed by atoms with van der Waals surface area (Å²) in [5, 5.41) is 0. The molecule has 5 heteroatoms. The Kier molecular flexibility index (Phi) is 936. The van der Waals surface area contributed by atoms with E-state index in [1.165, 1.54) is 0 Å². The maximum Gasteiger partial charge on any atom is 0 e. The van der Waals surface area contributed by atoms with Gasteiger partial charge in [-0.25, -0.2) is 0 Å². The van der Waals surface area contributed by atoms with E-state index in [0.29, 0.717) is 0 Å². The summed E-state index contributed by atoms with van der Waals surface area (Å²) in [5.41, 5.74) is 0. The maximum atomic E-state index is 0. The van der Waals surface area contributed by atoms with E-state index in [0.717, 1.165) is 0 Å². The molecule has 0 aromatic carbocycles. The van der Waals surface area contributed by atoms with Crippen molar-refractivity contribution in [2.24, 2.45) is 0 Å². The van der Waals surface area contributed by atoms with Crippen LogP contribution in [-0.4, -0.2) is 0 Å². The van der Waals surface area contributed by atoms with Gasteiger partial charge in [-0.2, -0.15) is 0 Å². The molecule has 0 nitrogen and oxygen atoms in total. The molecule has 0 fully saturated rings. The second kappa shape index (κ2) is 87.1. The molecule has 0 bridgehead atoms. The van der Waals surface area contributed by atoms with Crippen LogP contribution >= 0.6 is 0 Å². The van der Waals surface area contributed by atoms with E-state index in [4.69, 9.17) is 0 Å². The van der Waals surface area contributed by atoms with E-state index in [2.05, 4.69) is 0 Å². The molecule has 0 saturated heterocycles. The quantitative estimate of drug-likeness (QED) is 0.429. The predicted molar refractivity (Wildman–Crippen MR) is 33.3 cm³/mol. The Morgan fingerprint density at radius 1 is 0.300 bits per heavy atom. The molecule has 0 aromatic heterocycles. The van der Waals surface area contributed by atoms with Gasteiger partial charge in [0, 0.05) is 164 Å². The molecule has 0 aliphatic carbocycles. The Morgan fingerprint density at radius 2 is 0.300 bits per heavy atom. The van der Waals surface area contributed by atoms with Crippen molar-refractivity contribution in [3.63, 3.8) is 0 Å². The van der Waals surface area contributed by atoms with E-state index >= 15 is 0 Å². The van der Waals surface area contributed by atoms with E-state index in [-0.39, 0.29) is 201 Å². The zero-order chi connectivity index (χ0) is 0. The minimum Gasteiger partial charge on any atom is -0.358 e. The van der Waals surface area contributed by atoms with Crippen molar-refractivity contribution in [1.29, 1.82) is 0 Å². The summed E-state index contributed by atoms with van der Waals surface area (Å²) in [6.07, 6.45) is 0. The standard InChI is InChI=1S/4CH4.CH3.5Y/h4*1H4;1H3;;;;;/q;;;;-1;;;;;. The van der Waals surface area contributed by atoms with Crippen LogP contribution in [0.25, 0.3) is 0 Å². The zero-order valence-corrected chi connectivity index (χ0v) is 18.1. The average Bonchev–Trinajstić information content (AvgIpc) is 0. The van der Waals surface area contributed by atoms with Gasteiger partial charge in [0.25, 0.3) is 0 Å². The molecule has 0 atom stereocenters. The second-order valence-corrected chi connectivity index (χ2v) is 0. The van der Waals surface area contributed by atoms with Gasteiger partial charge in [-0.15, -0.1) is 0 Å². The SMILES string of the molecule is C.C.C.C.[CH3-].[Y].[Y].[Y].[Y].[Y]. The molecule has 0 aliphatic rings. The van der Waals surface area contributed by atoms with Crippen LogP contribution in [0.15, 0.2) is 0 Å². The minimum absolute atomic E-state index is 0. The molecule has 0 aromatic rings. The van der Waals surface area contributed by atoms with E-state index < -0.39 is 0 Å². The van der Waals surface area contributed by atoms with Gasteiger partial charge in [0.1, 0.15) is 0 Å². The van der Waals surface area contributed by atoms with Crippen LogP contribution in [0, 0.1) is 7.43 Å². The first kappa shape index (κ1) is 107. The Labute approximate surface area is 195 Å². The maximum absolute atomic E-state index is 0. The Bertz CT molecular complexity index is 10.0. The van der Waals surface area contributed by atoms with Crippen LogP contribution in [0.5, 0.6) is 0 Å². The minimum atomic E-state index is 0. The summed E-state index contributed by atoms with van der Waals surface area (Å²) in [5.74, 6) is 0. The molecular formula is C5H19Y5-. The fourth-order valence-corrected chi connectivity index (χ4v) is 0. The van der Waals surface area contributed by atoms with Crippen LogP contribution in [-0.2, 0) is 164 Å². The van der Waals surface area contributed by atoms with E-state index in [1.54, 1.807) is 0 Å². The molecule has 0 spiro atoms. The van der Waals surface area contributed by atoms with Crippen molar-refractivity contribution in [1.82, 2.24) is 0 Å². The molecule has 55 valence electrons. The summed E-state index contributed by atoms with van der Waals surface area (Å²) in [6, 6.07) is 0. The third kappa shape index (κ3) is 69.6. The van der Waals surface area contributed by atoms with Gasteiger partial charge in [0.2, 0.25) is 0 Å². The molecule has 0 saturated carbocycles. The van der Waals surface area contributed by atoms with Crippen LogP contribution in [0.4, 0.5) is 0 Å². The first-order chi connectivity index (χ1) is 0. The van der Waals surface area contributed by atoms with E-state index in [9.17, 15) is 0 Å². The third-order valence-electron chi connectivity index (χ3n) is 0. The van der Waals surface area contributed by atoms with Crippen LogP contribution in [0.2, 0.25) is 0 Å². The van der Waals surface area contributed by atoms with Crippen molar-refractivity contribution in [2.45, 2.75) is 29.7 Å². The molecule has 0 N–H and O–H groups in total. The third-order valence-corrected chi connectivity index (χ3v) is 0. The predicted octanol–water partition coefficient (Wildman–Crippen LogP) is 2.98. The van der Waals surface area contributed by atoms with Gasteiger partial charge in [-0.05, 0) is 0 Å². The number of hydrogen-bond donors (Lipinski definition) is 0. The fraction of sp³-hybridized carbons (Fsp3) is 0.800. The van der Waals surface area contributed by atoms with Crippen molar-refractivity contribution < 1.29 is 164 Å². The molecule has 5 radical (unpaired) electrons. The van der Waals surface area contributed by atoms with Gasteiger partial charge in [-0.1, -0.05) is 29.7 Å². The Morgan fingerprint density at radius 3 is 0.300 bits per heavy atom. The van der Waals surface area contributed by atoms with Crippen molar-refractivity contribution >= 4 is 0 Å². The first-order valence-corrected chi connectivity index (χ1v) is 0. The summed E-state index contributed by atoms with van der Waals surface area (Å²) in [7, 11) is 0. The largest absolute Gasteiger partial charge is 0.358 e. The number of hydrogen-bond acceptors (Lipinski definition) is 0. The molecule has 0 heterocycles. The molecule has 0 amide bonds. The van der Waals surface area contributed by atoms with Gasteiger partial charge in [-0.3, -0.25) is 0 Å². The van der Waals surface area contributed by atoms with E-state index in [1.807, 2.05) is 0 Å². The second-order valence-electron chi connectivity index (χ2n) is 0. The van der Waals surface area contributed by atoms with Crippen LogP contribution in [0.1, 0.15) is 29.7 Å². The van der Waals surface area contributed by atoms with Crippen LogP contribution in [0.3, 0.4) is 0 Å². The Balaban J connectivity index is 0. The molecule has 10 heavy (non-hydrogen) atoms. The smallest absolute Gasteiger partial charge is 0 e. The summed E-state index contributed by atoms with van der Waals surface area (Å²) in [4.78, 5) is 0. The summed E-state index contributed by atoms with van der Waals surface area (Å²) < 4.78 is 0. The van der Waals surface area contributed by atoms with Gasteiger partial charge < -0.3 is 7.43 Å². The fourth-order valence-electron chi connectivity index (χ4n) is 0. The van der Waals surface area contributed by atoms with Gasteiger partial charge in [0.05, 0.1) is 0 Å². The molecule has 0 rings (SSSR count). The average molecular weight is 524 g/mol. The van der Waals surface area contributed by atoms with Gasteiger partial charge in [0.15, 0.2) is 0 Å². The van der Waals surface area contributed by atoms with Crippen molar-refractivity contribution in [3.05, 3.63) is 7.43 Å². The van der Waals surface area contributed by atoms with Gasteiger partial charge >= 0.3 is 0 Å². The topological polar surface area (TPSA) is 0 Å². The van der Waals surface area contributed by atoms with Crippen LogP contribution < -0.4 is 0 Å². The zero-order valence-electron chi connectivity index (χ0n) is 3.89. The Hall–Kier alpha value is 5.52.